The van der Waals surface area contributed by atoms with Crippen LogP contribution in [-0.4, -0.2) is 23.7 Å². The Bertz CT molecular complexity index is 442. The number of ether oxygens (including phenoxy) is 1. The zero-order valence-corrected chi connectivity index (χ0v) is 11.7. The number of nitrogens with one attached hydrogen (secondary N) is 1. The maximum absolute atomic E-state index is 6.13. The lowest BCUT2D eigenvalue weighted by Gasteiger charge is -2.31. The van der Waals surface area contributed by atoms with Crippen LogP contribution in [0.3, 0.4) is 0 Å². The fourth-order valence-electron chi connectivity index (χ4n) is 3.71. The summed E-state index contributed by atoms with van der Waals surface area (Å²) < 4.78 is 6.01. The molecule has 0 aliphatic carbocycles. The fourth-order valence-corrected chi connectivity index (χ4v) is 3.71. The summed E-state index contributed by atoms with van der Waals surface area (Å²) in [4.78, 5) is 4.27. The number of anilines is 1. The number of nitrogens with zero attached hydrogens (tertiary/aromatic N) is 1. The second kappa shape index (κ2) is 5.10. The van der Waals surface area contributed by atoms with E-state index in [1.165, 1.54) is 24.0 Å². The Labute approximate surface area is 114 Å². The van der Waals surface area contributed by atoms with Crippen molar-refractivity contribution in [3.63, 3.8) is 0 Å². The van der Waals surface area contributed by atoms with Gasteiger partial charge in [0.2, 0.25) is 0 Å². The lowest BCUT2D eigenvalue weighted by atomic mass is 9.80. The number of hydrogen-bond donors (Lipinski definition) is 2. The van der Waals surface area contributed by atoms with E-state index in [0.29, 0.717) is 23.9 Å². The first-order valence-electron chi connectivity index (χ1n) is 7.30. The second-order valence-corrected chi connectivity index (χ2v) is 5.74. The lowest BCUT2D eigenvalue weighted by Crippen LogP contribution is -2.34. The average Bonchev–Trinajstić information content (AvgIpc) is 2.99. The van der Waals surface area contributed by atoms with E-state index in [4.69, 9.17) is 10.5 Å². The van der Waals surface area contributed by atoms with Crippen molar-refractivity contribution in [2.24, 2.45) is 5.92 Å². The van der Waals surface area contributed by atoms with Crippen LogP contribution in [0.4, 0.5) is 5.82 Å². The van der Waals surface area contributed by atoms with Crippen molar-refractivity contribution in [2.45, 2.75) is 51.4 Å². The first kappa shape index (κ1) is 12.9. The van der Waals surface area contributed by atoms with Gasteiger partial charge in [-0.15, -0.1) is 0 Å². The van der Waals surface area contributed by atoms with Crippen molar-refractivity contribution in [1.29, 1.82) is 0 Å². The highest BCUT2D eigenvalue weighted by Crippen LogP contribution is 2.45. The summed E-state index contributed by atoms with van der Waals surface area (Å²) in [6.07, 6.45) is 6.21. The van der Waals surface area contributed by atoms with Gasteiger partial charge < -0.3 is 15.8 Å². The minimum atomic E-state index is 0.272. The van der Waals surface area contributed by atoms with E-state index in [9.17, 15) is 0 Å². The highest BCUT2D eigenvalue weighted by molar-refractivity contribution is 5.46. The van der Waals surface area contributed by atoms with E-state index in [1.807, 2.05) is 6.07 Å². The van der Waals surface area contributed by atoms with Gasteiger partial charge in [0.15, 0.2) is 0 Å². The van der Waals surface area contributed by atoms with E-state index in [-0.39, 0.29) is 6.04 Å². The van der Waals surface area contributed by atoms with Crippen LogP contribution >= 0.6 is 0 Å². The molecule has 2 bridgehead atoms. The summed E-state index contributed by atoms with van der Waals surface area (Å²) in [7, 11) is 0. The van der Waals surface area contributed by atoms with Crippen LogP contribution in [-0.2, 0) is 4.74 Å². The topological polar surface area (TPSA) is 60.2 Å². The summed E-state index contributed by atoms with van der Waals surface area (Å²) in [5.74, 6) is 1.19. The molecule has 2 fully saturated rings. The quantitative estimate of drug-likeness (QED) is 0.872. The Morgan fingerprint density at radius 2 is 2.37 bits per heavy atom. The molecule has 19 heavy (non-hydrogen) atoms. The second-order valence-electron chi connectivity index (χ2n) is 5.74. The molecule has 0 saturated carbocycles. The first-order chi connectivity index (χ1) is 9.20. The maximum atomic E-state index is 6.13. The minimum absolute atomic E-state index is 0.272. The number of aromatic nitrogens is 1. The molecular weight excluding hydrogens is 238 g/mol. The van der Waals surface area contributed by atoms with Crippen molar-refractivity contribution in [2.75, 3.05) is 12.3 Å². The molecule has 0 amide bonds. The van der Waals surface area contributed by atoms with E-state index in [2.05, 4.69) is 24.1 Å². The van der Waals surface area contributed by atoms with Crippen molar-refractivity contribution in [3.05, 3.63) is 23.4 Å². The van der Waals surface area contributed by atoms with E-state index >= 15 is 0 Å². The Morgan fingerprint density at radius 1 is 1.53 bits per heavy atom. The molecule has 104 valence electrons. The summed E-state index contributed by atoms with van der Waals surface area (Å²) in [5.41, 5.74) is 8.52. The van der Waals surface area contributed by atoms with Crippen molar-refractivity contribution in [3.8, 4) is 0 Å². The maximum Gasteiger partial charge on any atom is 0.128 e. The Hall–Kier alpha value is -1.13. The van der Waals surface area contributed by atoms with Gasteiger partial charge in [0.25, 0.3) is 0 Å². The molecule has 2 aliphatic heterocycles. The molecule has 2 aliphatic rings. The normalized spacial score (nSPS) is 30.7. The van der Waals surface area contributed by atoms with Gasteiger partial charge in [-0.3, -0.25) is 0 Å². The molecule has 4 nitrogen and oxygen atoms in total. The van der Waals surface area contributed by atoms with Crippen molar-refractivity contribution >= 4 is 5.82 Å². The van der Waals surface area contributed by atoms with E-state index in [0.717, 1.165) is 13.0 Å². The molecule has 3 heterocycles. The van der Waals surface area contributed by atoms with Gasteiger partial charge >= 0.3 is 0 Å². The molecule has 4 heteroatoms. The summed E-state index contributed by atoms with van der Waals surface area (Å²) in [6.45, 7) is 5.20. The number of rotatable bonds is 4. The van der Waals surface area contributed by atoms with Crippen LogP contribution in [0.2, 0.25) is 0 Å². The Morgan fingerprint density at radius 3 is 2.95 bits per heavy atom. The van der Waals surface area contributed by atoms with Gasteiger partial charge in [-0.05, 0) is 44.4 Å². The zero-order valence-electron chi connectivity index (χ0n) is 11.7. The molecular formula is C15H23N3O. The largest absolute Gasteiger partial charge is 0.383 e. The number of aryl methyl sites for hydroxylation is 1. The van der Waals surface area contributed by atoms with Gasteiger partial charge in [0, 0.05) is 23.7 Å². The average molecular weight is 261 g/mol. The standard InChI is InChI=1S/C15H23N3O/c1-3-17-14(11-8-10-4-5-12(11)19-10)13-9(2)6-7-18-15(13)16/h6-7,10-12,14,17H,3-5,8H2,1-2H3,(H2,16,18). The van der Waals surface area contributed by atoms with Gasteiger partial charge in [0.1, 0.15) is 5.82 Å². The number of nitrogens with two attached hydrogens (primary N) is 1. The highest BCUT2D eigenvalue weighted by Gasteiger charge is 2.45. The smallest absolute Gasteiger partial charge is 0.128 e. The van der Waals surface area contributed by atoms with Crippen molar-refractivity contribution in [1.82, 2.24) is 10.3 Å². The Kier molecular flexibility index (Phi) is 3.46. The molecule has 4 atom stereocenters. The van der Waals surface area contributed by atoms with Crippen LogP contribution in [0.15, 0.2) is 12.3 Å². The van der Waals surface area contributed by atoms with Gasteiger partial charge in [-0.1, -0.05) is 6.92 Å². The number of nitrogen functional groups attached to an aromatic ring is 1. The Balaban J connectivity index is 1.92. The highest BCUT2D eigenvalue weighted by atomic mass is 16.5. The van der Waals surface area contributed by atoms with Gasteiger partial charge in [-0.25, -0.2) is 4.98 Å². The SMILES string of the molecule is CCNC(c1c(C)ccnc1N)C1CC2CCC1O2. The minimum Gasteiger partial charge on any atom is -0.383 e. The number of hydrogen-bond acceptors (Lipinski definition) is 4. The van der Waals surface area contributed by atoms with Crippen molar-refractivity contribution < 1.29 is 4.74 Å². The monoisotopic (exact) mass is 261 g/mol. The van der Waals surface area contributed by atoms with Crippen LogP contribution in [0.1, 0.15) is 43.4 Å². The molecule has 3 rings (SSSR count). The third kappa shape index (κ3) is 2.23. The molecule has 0 spiro atoms. The molecule has 1 aromatic rings. The zero-order chi connectivity index (χ0) is 13.4. The van der Waals surface area contributed by atoms with Gasteiger partial charge in [-0.2, -0.15) is 0 Å². The summed E-state index contributed by atoms with van der Waals surface area (Å²) in [5, 5.41) is 3.61. The summed E-state index contributed by atoms with van der Waals surface area (Å²) >= 11 is 0. The molecule has 2 saturated heterocycles. The lowest BCUT2D eigenvalue weighted by molar-refractivity contribution is 0.0858. The predicted molar refractivity (Wildman–Crippen MR) is 75.8 cm³/mol. The molecule has 4 unspecified atom stereocenters. The molecule has 0 aromatic carbocycles. The fraction of sp³-hybridized carbons (Fsp3) is 0.667. The number of fused-ring (bicyclic) bond motifs is 2. The molecule has 0 radical (unpaired) electrons. The van der Waals surface area contributed by atoms with Crippen LogP contribution in [0.25, 0.3) is 0 Å². The summed E-state index contributed by atoms with van der Waals surface area (Å²) in [6, 6.07) is 2.32. The van der Waals surface area contributed by atoms with Gasteiger partial charge in [0.05, 0.1) is 12.2 Å². The number of pyridine rings is 1. The van der Waals surface area contributed by atoms with Crippen LogP contribution in [0, 0.1) is 12.8 Å². The van der Waals surface area contributed by atoms with Crippen LogP contribution in [0.5, 0.6) is 0 Å². The molecule has 3 N–H and O–H groups in total. The third-order valence-corrected chi connectivity index (χ3v) is 4.56. The predicted octanol–water partition coefficient (Wildman–Crippen LogP) is 2.19. The van der Waals surface area contributed by atoms with E-state index < -0.39 is 0 Å². The first-order valence-corrected chi connectivity index (χ1v) is 7.30. The third-order valence-electron chi connectivity index (χ3n) is 4.56. The van der Waals surface area contributed by atoms with Crippen LogP contribution < -0.4 is 11.1 Å². The van der Waals surface area contributed by atoms with E-state index in [1.54, 1.807) is 6.20 Å². The molecule has 1 aromatic heterocycles.